The molecule has 0 amide bonds. The van der Waals surface area contributed by atoms with Crippen LogP contribution in [0.15, 0.2) is 72.9 Å². The van der Waals surface area contributed by atoms with E-state index in [0.717, 1.165) is 9.26 Å². The Labute approximate surface area is 126 Å². The number of rotatable bonds is 2. The van der Waals surface area contributed by atoms with Gasteiger partial charge in [-0.05, 0) is 39.8 Å². The summed E-state index contributed by atoms with van der Waals surface area (Å²) in [4.78, 5) is 4.52. The second-order valence-corrected chi connectivity index (χ2v) is 5.32. The molecule has 0 N–H and O–H groups in total. The minimum absolute atomic E-state index is 1.03. The van der Waals surface area contributed by atoms with E-state index in [2.05, 4.69) is 82.2 Å². The van der Waals surface area contributed by atoms with Crippen LogP contribution in [0.5, 0.6) is 0 Å². The topological polar surface area (TPSA) is 12.9 Å². The molecule has 3 rings (SSSR count). The van der Waals surface area contributed by atoms with Gasteiger partial charge < -0.3 is 0 Å². The van der Waals surface area contributed by atoms with Crippen molar-refractivity contribution in [1.29, 1.82) is 0 Å². The number of halogens is 1. The van der Waals surface area contributed by atoms with E-state index in [1.54, 1.807) is 0 Å². The van der Waals surface area contributed by atoms with Gasteiger partial charge in [0.1, 0.15) is 3.70 Å². The van der Waals surface area contributed by atoms with E-state index >= 15 is 0 Å². The lowest BCUT2D eigenvalue weighted by Gasteiger charge is -2.07. The van der Waals surface area contributed by atoms with Gasteiger partial charge in [0.25, 0.3) is 0 Å². The number of pyridine rings is 1. The fourth-order valence-electron chi connectivity index (χ4n) is 2.06. The number of nitrogens with zero attached hydrogens (tertiary/aromatic N) is 1. The molecule has 0 radical (unpaired) electrons. The first-order valence-electron chi connectivity index (χ1n) is 6.11. The van der Waals surface area contributed by atoms with Crippen LogP contribution in [-0.2, 0) is 0 Å². The molecule has 0 atom stereocenters. The van der Waals surface area contributed by atoms with Crippen molar-refractivity contribution in [2.45, 2.75) is 0 Å². The third kappa shape index (κ3) is 2.68. The zero-order valence-electron chi connectivity index (χ0n) is 10.3. The van der Waals surface area contributed by atoms with E-state index in [9.17, 15) is 0 Å². The summed E-state index contributed by atoms with van der Waals surface area (Å²) in [6, 6.07) is 22.9. The SMILES string of the molecule is Ic1ncc(-c2ccccc2)cc1-c1ccccc1. The first kappa shape index (κ1) is 12.4. The average molecular weight is 357 g/mol. The maximum atomic E-state index is 4.52. The first-order chi connectivity index (χ1) is 9.34. The molecule has 0 saturated heterocycles. The van der Waals surface area contributed by atoms with E-state index in [1.807, 2.05) is 18.3 Å². The van der Waals surface area contributed by atoms with Crippen molar-refractivity contribution in [3.05, 3.63) is 76.6 Å². The highest BCUT2D eigenvalue weighted by molar-refractivity contribution is 14.1. The van der Waals surface area contributed by atoms with E-state index in [-0.39, 0.29) is 0 Å². The van der Waals surface area contributed by atoms with Gasteiger partial charge in [-0.25, -0.2) is 4.98 Å². The van der Waals surface area contributed by atoms with Gasteiger partial charge in [0.15, 0.2) is 0 Å². The molecule has 3 aromatic rings. The standard InChI is InChI=1S/C17H12IN/c18-17-16(14-9-5-2-6-10-14)11-15(12-19-17)13-7-3-1-4-8-13/h1-12H. The Morgan fingerprint density at radius 1 is 0.684 bits per heavy atom. The summed E-state index contributed by atoms with van der Waals surface area (Å²) in [6.07, 6.45) is 1.93. The normalized spacial score (nSPS) is 10.4. The highest BCUT2D eigenvalue weighted by Gasteiger charge is 2.06. The summed E-state index contributed by atoms with van der Waals surface area (Å²) >= 11 is 2.29. The maximum absolute atomic E-state index is 4.52. The highest BCUT2D eigenvalue weighted by atomic mass is 127. The molecule has 0 unspecified atom stereocenters. The Morgan fingerprint density at radius 3 is 1.89 bits per heavy atom. The number of hydrogen-bond donors (Lipinski definition) is 0. The molecule has 92 valence electrons. The summed E-state index contributed by atoms with van der Waals surface area (Å²) in [5, 5.41) is 0. The van der Waals surface area contributed by atoms with Crippen molar-refractivity contribution in [1.82, 2.24) is 4.98 Å². The molecule has 0 aliphatic rings. The molecular formula is C17H12IN. The molecule has 1 aromatic heterocycles. The van der Waals surface area contributed by atoms with Gasteiger partial charge in [0.2, 0.25) is 0 Å². The molecule has 1 heterocycles. The zero-order valence-corrected chi connectivity index (χ0v) is 12.4. The monoisotopic (exact) mass is 357 g/mol. The molecule has 0 bridgehead atoms. The molecule has 0 fully saturated rings. The van der Waals surface area contributed by atoms with Crippen LogP contribution >= 0.6 is 22.6 Å². The van der Waals surface area contributed by atoms with Gasteiger partial charge in [-0.1, -0.05) is 60.7 Å². The van der Waals surface area contributed by atoms with Gasteiger partial charge >= 0.3 is 0 Å². The second-order valence-electron chi connectivity index (χ2n) is 4.29. The van der Waals surface area contributed by atoms with Crippen molar-refractivity contribution in [2.75, 3.05) is 0 Å². The fourth-order valence-corrected chi connectivity index (χ4v) is 2.66. The number of benzene rings is 2. The Hall–Kier alpha value is -1.68. The van der Waals surface area contributed by atoms with Crippen molar-refractivity contribution in [2.24, 2.45) is 0 Å². The molecule has 0 aliphatic carbocycles. The molecule has 0 spiro atoms. The number of hydrogen-bond acceptors (Lipinski definition) is 1. The minimum Gasteiger partial charge on any atom is -0.249 e. The Kier molecular flexibility index (Phi) is 3.60. The van der Waals surface area contributed by atoms with Crippen molar-refractivity contribution in [3.63, 3.8) is 0 Å². The number of aromatic nitrogens is 1. The molecule has 0 aliphatic heterocycles. The van der Waals surface area contributed by atoms with Crippen LogP contribution in [0.3, 0.4) is 0 Å². The van der Waals surface area contributed by atoms with Gasteiger partial charge in [-0.15, -0.1) is 0 Å². The quantitative estimate of drug-likeness (QED) is 0.464. The molecule has 1 nitrogen and oxygen atoms in total. The lowest BCUT2D eigenvalue weighted by Crippen LogP contribution is -1.89. The van der Waals surface area contributed by atoms with Crippen molar-refractivity contribution >= 4 is 22.6 Å². The third-order valence-electron chi connectivity index (χ3n) is 3.03. The van der Waals surface area contributed by atoms with Crippen LogP contribution in [0, 0.1) is 3.70 Å². The predicted molar refractivity (Wildman–Crippen MR) is 87.8 cm³/mol. The molecule has 2 aromatic carbocycles. The summed E-state index contributed by atoms with van der Waals surface area (Å²) in [5.74, 6) is 0. The minimum atomic E-state index is 1.03. The Bertz CT molecular complexity index is 678. The summed E-state index contributed by atoms with van der Waals surface area (Å²) in [6.45, 7) is 0. The second kappa shape index (κ2) is 5.53. The van der Waals surface area contributed by atoms with Crippen LogP contribution in [0.2, 0.25) is 0 Å². The van der Waals surface area contributed by atoms with E-state index in [1.165, 1.54) is 16.7 Å². The highest BCUT2D eigenvalue weighted by Crippen LogP contribution is 2.28. The van der Waals surface area contributed by atoms with E-state index < -0.39 is 0 Å². The van der Waals surface area contributed by atoms with Crippen LogP contribution < -0.4 is 0 Å². The smallest absolute Gasteiger partial charge is 0.109 e. The van der Waals surface area contributed by atoms with Gasteiger partial charge in [-0.2, -0.15) is 0 Å². The first-order valence-corrected chi connectivity index (χ1v) is 7.19. The van der Waals surface area contributed by atoms with Crippen molar-refractivity contribution in [3.8, 4) is 22.3 Å². The van der Waals surface area contributed by atoms with Crippen LogP contribution in [0.4, 0.5) is 0 Å². The van der Waals surface area contributed by atoms with Crippen LogP contribution in [-0.4, -0.2) is 4.98 Å². The van der Waals surface area contributed by atoms with Gasteiger partial charge in [-0.3, -0.25) is 0 Å². The fraction of sp³-hybridized carbons (Fsp3) is 0. The summed E-state index contributed by atoms with van der Waals surface area (Å²) < 4.78 is 1.03. The van der Waals surface area contributed by atoms with Crippen LogP contribution in [0.1, 0.15) is 0 Å². The Balaban J connectivity index is 2.12. The lowest BCUT2D eigenvalue weighted by molar-refractivity contribution is 1.27. The summed E-state index contributed by atoms with van der Waals surface area (Å²) in [5.41, 5.74) is 4.74. The predicted octanol–water partition coefficient (Wildman–Crippen LogP) is 5.02. The van der Waals surface area contributed by atoms with E-state index in [0.29, 0.717) is 0 Å². The molecular weight excluding hydrogens is 345 g/mol. The van der Waals surface area contributed by atoms with E-state index in [4.69, 9.17) is 0 Å². The molecule has 19 heavy (non-hydrogen) atoms. The largest absolute Gasteiger partial charge is 0.249 e. The van der Waals surface area contributed by atoms with Crippen molar-refractivity contribution < 1.29 is 0 Å². The molecule has 2 heteroatoms. The maximum Gasteiger partial charge on any atom is 0.109 e. The molecule has 0 saturated carbocycles. The van der Waals surface area contributed by atoms with Gasteiger partial charge in [0, 0.05) is 17.3 Å². The summed E-state index contributed by atoms with van der Waals surface area (Å²) in [7, 11) is 0. The zero-order chi connectivity index (χ0) is 13.1. The lowest BCUT2D eigenvalue weighted by atomic mass is 10.0. The van der Waals surface area contributed by atoms with Crippen LogP contribution in [0.25, 0.3) is 22.3 Å². The van der Waals surface area contributed by atoms with Gasteiger partial charge in [0.05, 0.1) is 0 Å². The Morgan fingerprint density at radius 2 is 1.26 bits per heavy atom. The average Bonchev–Trinajstić information content (AvgIpc) is 2.49. The third-order valence-corrected chi connectivity index (χ3v) is 3.89.